The lowest BCUT2D eigenvalue weighted by atomic mass is 9.69. The number of nitrogens with zero attached hydrogens (tertiary/aromatic N) is 4. The number of alkyl halides is 2. The van der Waals surface area contributed by atoms with Crippen molar-refractivity contribution in [1.82, 2.24) is 19.4 Å². The van der Waals surface area contributed by atoms with Crippen LogP contribution in [0.1, 0.15) is 48.3 Å². The summed E-state index contributed by atoms with van der Waals surface area (Å²) in [5, 5.41) is 3.60. The maximum atomic E-state index is 15.5. The minimum absolute atomic E-state index is 0.0540. The number of anilines is 1. The van der Waals surface area contributed by atoms with Crippen molar-refractivity contribution in [2.75, 3.05) is 50.7 Å². The van der Waals surface area contributed by atoms with Crippen molar-refractivity contribution >= 4 is 28.5 Å². The van der Waals surface area contributed by atoms with Crippen LogP contribution in [0.15, 0.2) is 29.1 Å². The molecule has 1 N–H and O–H groups in total. The number of hydrogen-bond acceptors (Lipinski definition) is 8. The van der Waals surface area contributed by atoms with Gasteiger partial charge in [0.2, 0.25) is 0 Å². The maximum Gasteiger partial charge on any atom is 0.298 e. The van der Waals surface area contributed by atoms with Crippen molar-refractivity contribution in [1.29, 1.82) is 0 Å². The topological polar surface area (TPSA) is 81.5 Å². The molecular weight excluding hydrogens is 579 g/mol. The molecule has 2 aliphatic heterocycles. The largest absolute Gasteiger partial charge is 0.372 e. The van der Waals surface area contributed by atoms with E-state index in [1.165, 1.54) is 23.6 Å². The number of fused-ring (bicyclic) bond motifs is 1. The fraction of sp³-hybridized carbons (Fsp3) is 0.581. The van der Waals surface area contributed by atoms with Crippen molar-refractivity contribution in [2.24, 2.45) is 12.5 Å². The summed E-state index contributed by atoms with van der Waals surface area (Å²) in [7, 11) is 5.30. The van der Waals surface area contributed by atoms with Gasteiger partial charge in [-0.25, -0.2) is 14.4 Å². The van der Waals surface area contributed by atoms with Crippen LogP contribution in [0.3, 0.4) is 0 Å². The number of nitrogens with one attached hydrogen (secondary N) is 1. The van der Waals surface area contributed by atoms with E-state index < -0.39 is 29.5 Å². The number of hydrogen-bond donors (Lipinski definition) is 1. The number of aromatic nitrogens is 3. The van der Waals surface area contributed by atoms with E-state index in [0.717, 1.165) is 37.4 Å². The molecule has 4 heterocycles. The molecule has 0 amide bonds. The molecule has 6 rings (SSSR count). The first-order valence-electron chi connectivity index (χ1n) is 14.7. The first kappa shape index (κ1) is 30.4. The average Bonchev–Trinajstić information content (AvgIpc) is 2.95. The third-order valence-corrected chi connectivity index (χ3v) is 11.1. The molecule has 8 nitrogen and oxygen atoms in total. The Bertz CT molecular complexity index is 1580. The van der Waals surface area contributed by atoms with Gasteiger partial charge in [-0.2, -0.15) is 20.5 Å². The molecule has 43 heavy (non-hydrogen) atoms. The van der Waals surface area contributed by atoms with Crippen LogP contribution in [0.2, 0.25) is 0 Å². The van der Waals surface area contributed by atoms with Crippen LogP contribution in [-0.4, -0.2) is 70.9 Å². The van der Waals surface area contributed by atoms with Gasteiger partial charge in [-0.15, -0.1) is 0 Å². The second-order valence-corrected chi connectivity index (χ2v) is 13.4. The van der Waals surface area contributed by atoms with Crippen molar-refractivity contribution < 1.29 is 22.6 Å². The Morgan fingerprint density at radius 1 is 1.14 bits per heavy atom. The summed E-state index contributed by atoms with van der Waals surface area (Å²) in [4.78, 5) is 24.5. The summed E-state index contributed by atoms with van der Waals surface area (Å²) in [5.41, 5.74) is -0.212. The van der Waals surface area contributed by atoms with Crippen LogP contribution in [0.25, 0.3) is 10.9 Å². The lowest BCUT2D eigenvalue weighted by Crippen LogP contribution is -2.50. The van der Waals surface area contributed by atoms with E-state index in [2.05, 4.69) is 15.3 Å². The molecule has 3 fully saturated rings. The Labute approximate surface area is 253 Å². The maximum absolute atomic E-state index is 15.5. The molecule has 232 valence electrons. The van der Waals surface area contributed by atoms with E-state index in [9.17, 15) is 4.79 Å². The second-order valence-electron chi connectivity index (χ2n) is 12.5. The quantitative estimate of drug-likeness (QED) is 0.361. The van der Waals surface area contributed by atoms with Crippen LogP contribution in [-0.2, 0) is 34.6 Å². The fourth-order valence-corrected chi connectivity index (χ4v) is 7.97. The fourth-order valence-electron chi connectivity index (χ4n) is 6.61. The number of thioether (sulfide) groups is 1. The minimum atomic E-state index is -3.49. The zero-order chi connectivity index (χ0) is 30.6. The van der Waals surface area contributed by atoms with Gasteiger partial charge < -0.3 is 24.3 Å². The van der Waals surface area contributed by atoms with Gasteiger partial charge in [0.25, 0.3) is 11.5 Å². The zero-order valence-electron chi connectivity index (χ0n) is 25.0. The van der Waals surface area contributed by atoms with Crippen molar-refractivity contribution in [3.63, 3.8) is 0 Å². The number of pyridine rings is 1. The molecule has 1 aliphatic carbocycles. The van der Waals surface area contributed by atoms with Gasteiger partial charge in [0.15, 0.2) is 0 Å². The number of methoxy groups -OCH3 is 1. The van der Waals surface area contributed by atoms with E-state index in [0.29, 0.717) is 35.5 Å². The molecule has 0 bridgehead atoms. The number of likely N-dealkylation sites (tertiary alicyclic amines) is 1. The number of aryl methyl sites for hydroxylation is 1. The standard InChI is InChI=1S/C31H38F3N5O3S/c1-19-36-26-22(12-24(39(3)28(26)40)30(41-4)10-8-29(9-11-30)17-43-18-29)27(37-19)35-13-20-6-5-7-23(25(20)32)31(33,34)16-42-21-14-38(2)15-21/h5-7,12,21H,8-11,13-18H2,1-4H3,(H,35,36,37). The normalized spacial score (nSPS) is 20.3. The lowest BCUT2D eigenvalue weighted by Gasteiger charge is -2.50. The van der Waals surface area contributed by atoms with E-state index in [4.69, 9.17) is 9.47 Å². The summed E-state index contributed by atoms with van der Waals surface area (Å²) < 4.78 is 58.6. The third kappa shape index (κ3) is 5.55. The van der Waals surface area contributed by atoms with Gasteiger partial charge in [-0.1, -0.05) is 12.1 Å². The van der Waals surface area contributed by atoms with Gasteiger partial charge in [-0.05, 0) is 68.7 Å². The predicted molar refractivity (Wildman–Crippen MR) is 161 cm³/mol. The molecule has 0 atom stereocenters. The highest BCUT2D eigenvalue weighted by molar-refractivity contribution is 8.00. The summed E-state index contributed by atoms with van der Waals surface area (Å²) in [6.45, 7) is 1.82. The Morgan fingerprint density at radius 2 is 1.86 bits per heavy atom. The Morgan fingerprint density at radius 3 is 2.49 bits per heavy atom. The van der Waals surface area contributed by atoms with Crippen LogP contribution >= 0.6 is 11.8 Å². The molecule has 0 unspecified atom stereocenters. The Kier molecular flexibility index (Phi) is 8.02. The molecule has 2 aromatic heterocycles. The van der Waals surface area contributed by atoms with Gasteiger partial charge in [0.05, 0.1) is 22.7 Å². The van der Waals surface area contributed by atoms with Gasteiger partial charge in [-0.3, -0.25) is 4.79 Å². The first-order chi connectivity index (χ1) is 20.5. The first-order valence-corrected chi connectivity index (χ1v) is 15.8. The number of likely N-dealkylation sites (N-methyl/N-ethyl adjacent to an activating group) is 1. The van der Waals surface area contributed by atoms with E-state index in [-0.39, 0.29) is 29.3 Å². The lowest BCUT2D eigenvalue weighted by molar-refractivity contribution is -0.134. The zero-order valence-corrected chi connectivity index (χ0v) is 25.8. The van der Waals surface area contributed by atoms with Crippen LogP contribution in [0, 0.1) is 18.2 Å². The average molecular weight is 618 g/mol. The van der Waals surface area contributed by atoms with Crippen molar-refractivity contribution in [3.05, 3.63) is 63.1 Å². The SMILES string of the molecule is COC1(c2cc3c(NCc4cccc(C(F)(F)COC5CN(C)C5)c4F)nc(C)nc3c(=O)n2C)CCC2(CC1)CSC2. The van der Waals surface area contributed by atoms with E-state index in [1.54, 1.807) is 25.6 Å². The van der Waals surface area contributed by atoms with E-state index in [1.807, 2.05) is 29.8 Å². The van der Waals surface area contributed by atoms with E-state index >= 15 is 13.2 Å². The highest BCUT2D eigenvalue weighted by Gasteiger charge is 2.48. The smallest absolute Gasteiger partial charge is 0.298 e. The van der Waals surface area contributed by atoms with Gasteiger partial charge >= 0.3 is 0 Å². The number of rotatable bonds is 9. The Balaban J connectivity index is 1.28. The van der Waals surface area contributed by atoms with Gasteiger partial charge in [0.1, 0.15) is 35.2 Å². The molecule has 1 spiro atoms. The number of halogens is 3. The van der Waals surface area contributed by atoms with Crippen molar-refractivity contribution in [2.45, 2.75) is 56.8 Å². The summed E-state index contributed by atoms with van der Waals surface area (Å²) >= 11 is 1.97. The summed E-state index contributed by atoms with van der Waals surface area (Å²) in [6, 6.07) is 5.86. The molecule has 3 aliphatic rings. The monoisotopic (exact) mass is 617 g/mol. The summed E-state index contributed by atoms with van der Waals surface area (Å²) in [5.74, 6) is -1.45. The second kappa shape index (κ2) is 11.4. The van der Waals surface area contributed by atoms with Crippen molar-refractivity contribution in [3.8, 4) is 0 Å². The minimum Gasteiger partial charge on any atom is -0.372 e. The number of benzene rings is 1. The molecule has 2 saturated heterocycles. The third-order valence-electron chi connectivity index (χ3n) is 9.45. The molecular formula is C31H38F3N5O3S. The molecule has 1 aromatic carbocycles. The molecule has 3 aromatic rings. The number of ether oxygens (including phenoxy) is 2. The van der Waals surface area contributed by atoms with Crippen LogP contribution < -0.4 is 10.9 Å². The molecule has 1 saturated carbocycles. The van der Waals surface area contributed by atoms with Crippen LogP contribution in [0.5, 0.6) is 0 Å². The molecule has 12 heteroatoms. The Hall–Kier alpha value is -2.67. The van der Waals surface area contributed by atoms with Gasteiger partial charge in [0, 0.05) is 39.4 Å². The predicted octanol–water partition coefficient (Wildman–Crippen LogP) is 4.96. The summed E-state index contributed by atoms with van der Waals surface area (Å²) in [6.07, 6.45) is 3.37. The highest BCUT2D eigenvalue weighted by atomic mass is 32.2. The molecule has 0 radical (unpaired) electrons. The van der Waals surface area contributed by atoms with Crippen LogP contribution in [0.4, 0.5) is 19.0 Å². The highest BCUT2D eigenvalue weighted by Crippen LogP contribution is 2.54.